The first kappa shape index (κ1) is 10.2. The Morgan fingerprint density at radius 2 is 2.27 bits per heavy atom. The van der Waals surface area contributed by atoms with Crippen LogP contribution in [0.1, 0.15) is 18.1 Å². The maximum absolute atomic E-state index is 5.61. The van der Waals surface area contributed by atoms with Gasteiger partial charge in [0.25, 0.3) is 0 Å². The Hall–Kier alpha value is -1.35. The van der Waals surface area contributed by atoms with Gasteiger partial charge in [0.05, 0.1) is 0 Å². The summed E-state index contributed by atoms with van der Waals surface area (Å²) < 4.78 is 2.18. The Bertz CT molecular complexity index is 471. The van der Waals surface area contributed by atoms with Crippen LogP contribution in [-0.2, 0) is 13.0 Å². The van der Waals surface area contributed by atoms with E-state index in [2.05, 4.69) is 35.7 Å². The highest BCUT2D eigenvalue weighted by Gasteiger charge is 2.07. The van der Waals surface area contributed by atoms with Gasteiger partial charge in [0.15, 0.2) is 0 Å². The van der Waals surface area contributed by atoms with Crippen LogP contribution in [0.4, 0.5) is 0 Å². The Kier molecular flexibility index (Phi) is 2.73. The highest BCUT2D eigenvalue weighted by molar-refractivity contribution is 5.81. The Balaban J connectivity index is 2.64. The highest BCUT2D eigenvalue weighted by Crippen LogP contribution is 2.20. The van der Waals surface area contributed by atoms with Gasteiger partial charge >= 0.3 is 0 Å². The van der Waals surface area contributed by atoms with Crippen LogP contribution < -0.4 is 5.73 Å². The molecule has 0 atom stereocenters. The lowest BCUT2D eigenvalue weighted by molar-refractivity contribution is 0.781. The van der Waals surface area contributed by atoms with Gasteiger partial charge in [-0.1, -0.05) is 0 Å². The second-order valence-corrected chi connectivity index (χ2v) is 3.86. The summed E-state index contributed by atoms with van der Waals surface area (Å²) in [6.07, 6.45) is 5.01. The molecule has 2 aromatic heterocycles. The molecule has 15 heavy (non-hydrogen) atoms. The molecule has 2 N–H and O–H groups in total. The van der Waals surface area contributed by atoms with Crippen molar-refractivity contribution < 1.29 is 0 Å². The lowest BCUT2D eigenvalue weighted by atomic mass is 10.1. The van der Waals surface area contributed by atoms with Crippen molar-refractivity contribution in [3.63, 3.8) is 0 Å². The second-order valence-electron chi connectivity index (χ2n) is 3.86. The molecule has 0 aromatic carbocycles. The van der Waals surface area contributed by atoms with Crippen LogP contribution in [0.2, 0.25) is 0 Å². The van der Waals surface area contributed by atoms with E-state index in [1.807, 2.05) is 6.20 Å². The van der Waals surface area contributed by atoms with Gasteiger partial charge in [-0.25, -0.2) is 4.98 Å². The molecule has 0 spiro atoms. The summed E-state index contributed by atoms with van der Waals surface area (Å²) in [5.74, 6) is 0. The first-order valence-electron chi connectivity index (χ1n) is 5.40. The number of hydrogen-bond acceptors (Lipinski definition) is 2. The highest BCUT2D eigenvalue weighted by atomic mass is 15.0. The van der Waals surface area contributed by atoms with Gasteiger partial charge in [-0.2, -0.15) is 0 Å². The third kappa shape index (κ3) is 1.75. The van der Waals surface area contributed by atoms with E-state index in [9.17, 15) is 0 Å². The topological polar surface area (TPSA) is 43.8 Å². The number of hydrogen-bond donors (Lipinski definition) is 1. The van der Waals surface area contributed by atoms with Gasteiger partial charge in [-0.3, -0.25) is 0 Å². The molecule has 2 heterocycles. The minimum atomic E-state index is 0.691. The summed E-state index contributed by atoms with van der Waals surface area (Å²) in [5.41, 5.74) is 9.20. The van der Waals surface area contributed by atoms with Crippen molar-refractivity contribution in [1.29, 1.82) is 0 Å². The third-order valence-electron chi connectivity index (χ3n) is 2.69. The number of pyridine rings is 1. The molecule has 0 saturated heterocycles. The van der Waals surface area contributed by atoms with Crippen LogP contribution in [0.5, 0.6) is 0 Å². The second kappa shape index (κ2) is 4.03. The average Bonchev–Trinajstić information content (AvgIpc) is 2.57. The fourth-order valence-electron chi connectivity index (χ4n) is 1.94. The Labute approximate surface area is 89.9 Å². The van der Waals surface area contributed by atoms with Crippen molar-refractivity contribution in [2.24, 2.45) is 5.73 Å². The summed E-state index contributed by atoms with van der Waals surface area (Å²) in [7, 11) is 0. The first-order valence-corrected chi connectivity index (χ1v) is 5.40. The fraction of sp³-hybridized carbons (Fsp3) is 0.417. The molecule has 0 aliphatic carbocycles. The normalized spacial score (nSPS) is 11.1. The van der Waals surface area contributed by atoms with E-state index < -0.39 is 0 Å². The quantitative estimate of drug-likeness (QED) is 0.827. The van der Waals surface area contributed by atoms with Crippen molar-refractivity contribution in [2.75, 3.05) is 6.54 Å². The Morgan fingerprint density at radius 1 is 1.47 bits per heavy atom. The number of rotatable bonds is 3. The van der Waals surface area contributed by atoms with Crippen LogP contribution in [0, 0.1) is 6.92 Å². The third-order valence-corrected chi connectivity index (χ3v) is 2.69. The molecule has 0 unspecified atom stereocenters. The summed E-state index contributed by atoms with van der Waals surface area (Å²) in [6.45, 7) is 5.85. The monoisotopic (exact) mass is 203 g/mol. The van der Waals surface area contributed by atoms with Crippen LogP contribution in [-0.4, -0.2) is 16.1 Å². The van der Waals surface area contributed by atoms with Gasteiger partial charge in [0.2, 0.25) is 0 Å². The van der Waals surface area contributed by atoms with Crippen molar-refractivity contribution in [3.8, 4) is 0 Å². The molecule has 0 aliphatic rings. The first-order chi connectivity index (χ1) is 7.26. The zero-order chi connectivity index (χ0) is 10.8. The molecule has 0 fully saturated rings. The van der Waals surface area contributed by atoms with E-state index in [4.69, 9.17) is 5.73 Å². The largest absolute Gasteiger partial charge is 0.333 e. The van der Waals surface area contributed by atoms with Crippen LogP contribution in [0.25, 0.3) is 11.0 Å². The average molecular weight is 203 g/mol. The number of fused-ring (bicyclic) bond motifs is 1. The van der Waals surface area contributed by atoms with Crippen LogP contribution >= 0.6 is 0 Å². The van der Waals surface area contributed by atoms with E-state index in [1.165, 1.54) is 16.5 Å². The molecule has 2 aromatic rings. The number of aromatic nitrogens is 2. The van der Waals surface area contributed by atoms with Gasteiger partial charge in [0, 0.05) is 24.3 Å². The smallest absolute Gasteiger partial charge is 0.140 e. The van der Waals surface area contributed by atoms with E-state index in [0.717, 1.165) is 18.6 Å². The molecule has 0 saturated carbocycles. The lowest BCUT2D eigenvalue weighted by Crippen LogP contribution is -2.02. The Morgan fingerprint density at radius 3 is 2.93 bits per heavy atom. The number of nitrogens with zero attached hydrogens (tertiary/aromatic N) is 2. The zero-order valence-electron chi connectivity index (χ0n) is 9.33. The molecule has 0 aliphatic heterocycles. The molecule has 0 radical (unpaired) electrons. The summed E-state index contributed by atoms with van der Waals surface area (Å²) in [6, 6.07) is 2.19. The van der Waals surface area contributed by atoms with E-state index >= 15 is 0 Å². The van der Waals surface area contributed by atoms with E-state index in [-0.39, 0.29) is 0 Å². The standard InChI is InChI=1S/C12H17N3/c1-3-15-8-10(4-5-13)11-6-9(2)7-14-12(11)15/h6-8H,3-5,13H2,1-2H3. The fourth-order valence-corrected chi connectivity index (χ4v) is 1.94. The molecule has 0 bridgehead atoms. The lowest BCUT2D eigenvalue weighted by Gasteiger charge is -1.99. The molecule has 3 nitrogen and oxygen atoms in total. The number of nitrogens with two attached hydrogens (primary N) is 1. The summed E-state index contributed by atoms with van der Waals surface area (Å²) >= 11 is 0. The molecule has 3 heteroatoms. The van der Waals surface area contributed by atoms with Gasteiger partial charge in [0.1, 0.15) is 5.65 Å². The van der Waals surface area contributed by atoms with Crippen molar-refractivity contribution in [1.82, 2.24) is 9.55 Å². The van der Waals surface area contributed by atoms with Gasteiger partial charge < -0.3 is 10.3 Å². The SMILES string of the molecule is CCn1cc(CCN)c2cc(C)cnc21. The van der Waals surface area contributed by atoms with Crippen molar-refractivity contribution >= 4 is 11.0 Å². The number of aryl methyl sites for hydroxylation is 2. The molecular formula is C12H17N3. The van der Waals surface area contributed by atoms with Crippen LogP contribution in [0.15, 0.2) is 18.5 Å². The van der Waals surface area contributed by atoms with Crippen molar-refractivity contribution in [3.05, 3.63) is 29.6 Å². The van der Waals surface area contributed by atoms with E-state index in [1.54, 1.807) is 0 Å². The molecule has 2 rings (SSSR count). The van der Waals surface area contributed by atoms with Gasteiger partial charge in [-0.05, 0) is 44.0 Å². The van der Waals surface area contributed by atoms with Crippen molar-refractivity contribution in [2.45, 2.75) is 26.8 Å². The van der Waals surface area contributed by atoms with Gasteiger partial charge in [-0.15, -0.1) is 0 Å². The summed E-state index contributed by atoms with van der Waals surface area (Å²) in [5, 5.41) is 1.25. The maximum Gasteiger partial charge on any atom is 0.140 e. The zero-order valence-corrected chi connectivity index (χ0v) is 9.33. The minimum absolute atomic E-state index is 0.691. The maximum atomic E-state index is 5.61. The summed E-state index contributed by atoms with van der Waals surface area (Å²) in [4.78, 5) is 4.48. The molecule has 80 valence electrons. The predicted molar refractivity (Wildman–Crippen MR) is 62.9 cm³/mol. The minimum Gasteiger partial charge on any atom is -0.333 e. The molecular weight excluding hydrogens is 186 g/mol. The van der Waals surface area contributed by atoms with E-state index in [0.29, 0.717) is 6.54 Å². The van der Waals surface area contributed by atoms with Crippen LogP contribution in [0.3, 0.4) is 0 Å². The predicted octanol–water partition coefficient (Wildman–Crippen LogP) is 1.87. The molecule has 0 amide bonds.